The van der Waals surface area contributed by atoms with Crippen LogP contribution in [0.3, 0.4) is 0 Å². The zero-order valence-electron chi connectivity index (χ0n) is 13.3. The van der Waals surface area contributed by atoms with E-state index in [1.165, 1.54) is 11.3 Å². The monoisotopic (exact) mass is 340 g/mol. The van der Waals surface area contributed by atoms with E-state index >= 15 is 0 Å². The van der Waals surface area contributed by atoms with Crippen LogP contribution in [-0.4, -0.2) is 17.9 Å². The average molecular weight is 340 g/mol. The highest BCUT2D eigenvalue weighted by Gasteiger charge is 2.32. The lowest BCUT2D eigenvalue weighted by molar-refractivity contribution is 0.415. The van der Waals surface area contributed by atoms with Crippen molar-refractivity contribution in [3.63, 3.8) is 0 Å². The van der Waals surface area contributed by atoms with Crippen molar-refractivity contribution < 1.29 is 9.15 Å². The number of rotatable bonds is 3. The first-order valence-electron chi connectivity index (χ1n) is 7.45. The van der Waals surface area contributed by atoms with Crippen LogP contribution < -0.4 is 15.4 Å². The minimum absolute atomic E-state index is 0.399. The SMILES string of the molecule is COc1ccc(N2C(c3nc(C)cs3)=Nc3occc3C2N)cc1. The van der Waals surface area contributed by atoms with Gasteiger partial charge in [-0.2, -0.15) is 4.99 Å². The van der Waals surface area contributed by atoms with Crippen molar-refractivity contribution in [3.05, 3.63) is 58.2 Å². The number of hydrogen-bond donors (Lipinski definition) is 1. The molecule has 1 unspecified atom stereocenters. The number of furan rings is 1. The average Bonchev–Trinajstić information content (AvgIpc) is 3.24. The molecule has 6 nitrogen and oxygen atoms in total. The summed E-state index contributed by atoms with van der Waals surface area (Å²) in [5.74, 6) is 2.01. The van der Waals surface area contributed by atoms with Crippen LogP contribution in [0, 0.1) is 6.92 Å². The van der Waals surface area contributed by atoms with Crippen LogP contribution in [0.15, 0.2) is 51.4 Å². The quantitative estimate of drug-likeness (QED) is 0.788. The second-order valence-electron chi connectivity index (χ2n) is 5.42. The Balaban J connectivity index is 1.85. The summed E-state index contributed by atoms with van der Waals surface area (Å²) in [7, 11) is 1.64. The molecule has 24 heavy (non-hydrogen) atoms. The summed E-state index contributed by atoms with van der Waals surface area (Å²) in [5.41, 5.74) is 9.22. The van der Waals surface area contributed by atoms with Crippen LogP contribution in [0.2, 0.25) is 0 Å². The molecule has 122 valence electrons. The molecule has 1 aliphatic heterocycles. The van der Waals surface area contributed by atoms with Gasteiger partial charge in [-0.25, -0.2) is 4.98 Å². The Morgan fingerprint density at radius 2 is 2.04 bits per heavy atom. The fourth-order valence-corrected chi connectivity index (χ4v) is 3.46. The van der Waals surface area contributed by atoms with Gasteiger partial charge in [0.2, 0.25) is 5.88 Å². The third-order valence-corrected chi connectivity index (χ3v) is 4.82. The summed E-state index contributed by atoms with van der Waals surface area (Å²) in [6.07, 6.45) is 1.21. The van der Waals surface area contributed by atoms with Crippen molar-refractivity contribution in [2.45, 2.75) is 13.1 Å². The van der Waals surface area contributed by atoms with Crippen LogP contribution in [0.4, 0.5) is 11.6 Å². The number of amidine groups is 1. The van der Waals surface area contributed by atoms with E-state index < -0.39 is 6.17 Å². The molecule has 0 saturated heterocycles. The van der Waals surface area contributed by atoms with Gasteiger partial charge < -0.3 is 19.8 Å². The maximum absolute atomic E-state index is 6.50. The maximum Gasteiger partial charge on any atom is 0.227 e. The fraction of sp³-hybridized carbons (Fsp3) is 0.176. The lowest BCUT2D eigenvalue weighted by atomic mass is 10.1. The van der Waals surface area contributed by atoms with Crippen LogP contribution in [-0.2, 0) is 0 Å². The predicted octanol–water partition coefficient (Wildman–Crippen LogP) is 3.61. The Morgan fingerprint density at radius 3 is 2.71 bits per heavy atom. The number of hydrogen-bond acceptors (Lipinski definition) is 7. The molecular formula is C17H16N4O2S. The van der Waals surface area contributed by atoms with E-state index in [0.717, 1.165) is 27.7 Å². The Bertz CT molecular complexity index is 897. The number of thiazole rings is 1. The number of nitrogens with zero attached hydrogens (tertiary/aromatic N) is 3. The van der Waals surface area contributed by atoms with Gasteiger partial charge in [-0.1, -0.05) is 0 Å². The zero-order valence-corrected chi connectivity index (χ0v) is 14.1. The van der Waals surface area contributed by atoms with E-state index in [-0.39, 0.29) is 0 Å². The van der Waals surface area contributed by atoms with E-state index in [0.29, 0.717) is 11.7 Å². The van der Waals surface area contributed by atoms with E-state index in [1.807, 2.05) is 47.5 Å². The molecule has 0 amide bonds. The van der Waals surface area contributed by atoms with Crippen LogP contribution in [0.25, 0.3) is 0 Å². The third-order valence-electron chi connectivity index (χ3n) is 3.87. The first-order chi connectivity index (χ1) is 11.7. The lowest BCUT2D eigenvalue weighted by Gasteiger charge is -2.33. The second-order valence-corrected chi connectivity index (χ2v) is 6.28. The van der Waals surface area contributed by atoms with Crippen molar-refractivity contribution in [1.82, 2.24) is 4.98 Å². The molecule has 4 rings (SSSR count). The fourth-order valence-electron chi connectivity index (χ4n) is 2.68. The Morgan fingerprint density at radius 1 is 1.25 bits per heavy atom. The molecule has 1 aromatic carbocycles. The standard InChI is InChI=1S/C17H16N4O2S/c1-10-9-24-17(19-10)15-20-16-13(7-8-23-16)14(18)21(15)11-3-5-12(22-2)6-4-11/h3-9,14H,18H2,1-2H3. The van der Waals surface area contributed by atoms with Gasteiger partial charge in [0.1, 0.15) is 11.9 Å². The van der Waals surface area contributed by atoms with Crippen LogP contribution in [0.5, 0.6) is 5.75 Å². The Kier molecular flexibility index (Phi) is 3.59. The molecule has 0 bridgehead atoms. The van der Waals surface area contributed by atoms with Gasteiger partial charge >= 0.3 is 0 Å². The molecule has 1 atom stereocenters. The number of benzene rings is 1. The van der Waals surface area contributed by atoms with Gasteiger partial charge in [0.15, 0.2) is 10.8 Å². The molecule has 2 N–H and O–H groups in total. The molecular weight excluding hydrogens is 324 g/mol. The van der Waals surface area contributed by atoms with E-state index in [4.69, 9.17) is 14.9 Å². The van der Waals surface area contributed by atoms with Gasteiger partial charge in [-0.05, 0) is 37.3 Å². The molecule has 3 aromatic rings. The number of aryl methyl sites for hydroxylation is 1. The molecule has 1 aliphatic rings. The van der Waals surface area contributed by atoms with E-state index in [1.54, 1.807) is 13.4 Å². The lowest BCUT2D eigenvalue weighted by Crippen LogP contribution is -2.41. The number of aliphatic imine (C=N–C) groups is 1. The van der Waals surface area contributed by atoms with Crippen LogP contribution in [0.1, 0.15) is 22.4 Å². The first kappa shape index (κ1) is 14.9. The van der Waals surface area contributed by atoms with Gasteiger partial charge in [0.05, 0.1) is 18.9 Å². The minimum Gasteiger partial charge on any atom is -0.497 e. The largest absolute Gasteiger partial charge is 0.497 e. The van der Waals surface area contributed by atoms with Crippen molar-refractivity contribution in [1.29, 1.82) is 0 Å². The summed E-state index contributed by atoms with van der Waals surface area (Å²) in [4.78, 5) is 11.2. The van der Waals surface area contributed by atoms with E-state index in [2.05, 4.69) is 9.98 Å². The van der Waals surface area contributed by atoms with Gasteiger partial charge in [0, 0.05) is 16.8 Å². The third kappa shape index (κ3) is 2.38. The molecule has 0 saturated carbocycles. The summed E-state index contributed by atoms with van der Waals surface area (Å²) < 4.78 is 10.7. The number of anilines is 1. The van der Waals surface area contributed by atoms with Gasteiger partial charge in [0.25, 0.3) is 0 Å². The first-order valence-corrected chi connectivity index (χ1v) is 8.33. The summed E-state index contributed by atoms with van der Waals surface area (Å²) in [6, 6.07) is 9.57. The highest BCUT2D eigenvalue weighted by Crippen LogP contribution is 2.38. The second kappa shape index (κ2) is 5.77. The number of methoxy groups -OCH3 is 1. The van der Waals surface area contributed by atoms with Crippen molar-refractivity contribution in [2.75, 3.05) is 12.0 Å². The van der Waals surface area contributed by atoms with Crippen molar-refractivity contribution in [2.24, 2.45) is 10.7 Å². The number of aromatic nitrogens is 1. The molecule has 3 heterocycles. The summed E-state index contributed by atoms with van der Waals surface area (Å²) in [5, 5.41) is 2.80. The zero-order chi connectivity index (χ0) is 16.7. The van der Waals surface area contributed by atoms with Crippen molar-refractivity contribution >= 4 is 28.7 Å². The van der Waals surface area contributed by atoms with E-state index in [9.17, 15) is 0 Å². The highest BCUT2D eigenvalue weighted by atomic mass is 32.1. The normalized spacial score (nSPS) is 16.7. The Hall–Kier alpha value is -2.64. The van der Waals surface area contributed by atoms with Gasteiger partial charge in [-0.3, -0.25) is 0 Å². The predicted molar refractivity (Wildman–Crippen MR) is 94.2 cm³/mol. The smallest absolute Gasteiger partial charge is 0.227 e. The molecule has 2 aromatic heterocycles. The number of fused-ring (bicyclic) bond motifs is 1. The number of ether oxygens (including phenoxy) is 1. The van der Waals surface area contributed by atoms with Crippen molar-refractivity contribution in [3.8, 4) is 5.75 Å². The summed E-state index contributed by atoms with van der Waals surface area (Å²) in [6.45, 7) is 1.96. The molecule has 0 radical (unpaired) electrons. The number of nitrogens with two attached hydrogens (primary N) is 1. The minimum atomic E-state index is -0.399. The van der Waals surface area contributed by atoms with Gasteiger partial charge in [-0.15, -0.1) is 11.3 Å². The molecule has 0 fully saturated rings. The molecule has 0 spiro atoms. The molecule has 7 heteroatoms. The topological polar surface area (TPSA) is 76.9 Å². The summed E-state index contributed by atoms with van der Waals surface area (Å²) >= 11 is 1.54. The highest BCUT2D eigenvalue weighted by molar-refractivity contribution is 7.12. The Labute approximate surface area is 143 Å². The van der Waals surface area contributed by atoms with Crippen LogP contribution >= 0.6 is 11.3 Å². The molecule has 0 aliphatic carbocycles. The maximum atomic E-state index is 6.50.